The van der Waals surface area contributed by atoms with Crippen LogP contribution in [0.25, 0.3) is 0 Å². The maximum absolute atomic E-state index is 12.4. The van der Waals surface area contributed by atoms with Crippen molar-refractivity contribution in [3.63, 3.8) is 0 Å². The Morgan fingerprint density at radius 2 is 1.73 bits per heavy atom. The van der Waals surface area contributed by atoms with Crippen LogP contribution in [0.4, 0.5) is 5.69 Å². The lowest BCUT2D eigenvalue weighted by molar-refractivity contribution is 0.0508. The molecule has 2 amide bonds. The predicted octanol–water partition coefficient (Wildman–Crippen LogP) is 1.90. The van der Waals surface area contributed by atoms with Crippen molar-refractivity contribution >= 4 is 23.2 Å². The van der Waals surface area contributed by atoms with Gasteiger partial charge in [0.05, 0.1) is 16.8 Å². The van der Waals surface area contributed by atoms with Gasteiger partial charge in [-0.3, -0.25) is 19.9 Å². The van der Waals surface area contributed by atoms with E-state index in [9.17, 15) is 9.59 Å². The van der Waals surface area contributed by atoms with Crippen LogP contribution < -0.4 is 5.43 Å². The van der Waals surface area contributed by atoms with Gasteiger partial charge >= 0.3 is 0 Å². The molecule has 0 aromatic heterocycles. The summed E-state index contributed by atoms with van der Waals surface area (Å²) in [4.78, 5) is 25.9. The summed E-state index contributed by atoms with van der Waals surface area (Å²) in [5.41, 5.74) is 2.59. The highest BCUT2D eigenvalue weighted by atomic mass is 16.2. The first-order valence-electron chi connectivity index (χ1n) is 6.46. The topological polar surface area (TPSA) is 109 Å². The summed E-state index contributed by atoms with van der Waals surface area (Å²) in [6.45, 7) is 5.35. The van der Waals surface area contributed by atoms with E-state index in [1.165, 1.54) is 17.0 Å². The molecule has 22 heavy (non-hydrogen) atoms. The van der Waals surface area contributed by atoms with Crippen molar-refractivity contribution in [1.29, 1.82) is 10.5 Å². The van der Waals surface area contributed by atoms with E-state index in [2.05, 4.69) is 10.5 Å². The number of hydrazone groups is 1. The molecule has 0 aliphatic carbocycles. The normalized spacial score (nSPS) is 13.2. The van der Waals surface area contributed by atoms with Crippen LogP contribution in [0.15, 0.2) is 23.3 Å². The van der Waals surface area contributed by atoms with Crippen LogP contribution in [0.5, 0.6) is 0 Å². The lowest BCUT2D eigenvalue weighted by Crippen LogP contribution is -2.45. The summed E-state index contributed by atoms with van der Waals surface area (Å²) in [6.07, 6.45) is 0. The van der Waals surface area contributed by atoms with Gasteiger partial charge in [-0.15, -0.1) is 0 Å². The van der Waals surface area contributed by atoms with Gasteiger partial charge in [-0.2, -0.15) is 15.6 Å². The first kappa shape index (κ1) is 15.2. The SMILES string of the molecule is CC(C)(C)N1C(=O)c2ccc(NN=C(C#N)C#N)cc2C1=O. The number of amides is 2. The van der Waals surface area contributed by atoms with Crippen molar-refractivity contribution < 1.29 is 9.59 Å². The van der Waals surface area contributed by atoms with Gasteiger partial charge < -0.3 is 0 Å². The van der Waals surface area contributed by atoms with E-state index in [1.54, 1.807) is 39.0 Å². The summed E-state index contributed by atoms with van der Waals surface area (Å²) in [5, 5.41) is 20.8. The van der Waals surface area contributed by atoms with Crippen LogP contribution in [-0.4, -0.2) is 28.0 Å². The minimum atomic E-state index is -0.617. The molecule has 7 heteroatoms. The molecule has 0 bridgehead atoms. The first-order chi connectivity index (χ1) is 10.3. The summed E-state index contributed by atoms with van der Waals surface area (Å²) < 4.78 is 0. The number of nitriles is 2. The van der Waals surface area contributed by atoms with Crippen LogP contribution in [0.1, 0.15) is 41.5 Å². The van der Waals surface area contributed by atoms with Gasteiger partial charge in [-0.25, -0.2) is 0 Å². The number of rotatable bonds is 2. The third-order valence-electron chi connectivity index (χ3n) is 3.07. The smallest absolute Gasteiger partial charge is 0.262 e. The molecule has 0 atom stereocenters. The summed E-state index contributed by atoms with van der Waals surface area (Å²) in [6, 6.07) is 7.80. The van der Waals surface area contributed by atoms with Crippen LogP contribution in [0.3, 0.4) is 0 Å². The number of anilines is 1. The predicted molar refractivity (Wildman–Crippen MR) is 79.0 cm³/mol. The molecular formula is C15H13N5O2. The molecule has 0 radical (unpaired) electrons. The fraction of sp³-hybridized carbons (Fsp3) is 0.267. The molecule has 1 aromatic rings. The second-order valence-electron chi connectivity index (χ2n) is 5.67. The Morgan fingerprint density at radius 3 is 2.27 bits per heavy atom. The Morgan fingerprint density at radius 1 is 1.14 bits per heavy atom. The van der Waals surface area contributed by atoms with E-state index in [4.69, 9.17) is 10.5 Å². The maximum Gasteiger partial charge on any atom is 0.262 e. The fourth-order valence-corrected chi connectivity index (χ4v) is 2.12. The quantitative estimate of drug-likeness (QED) is 0.509. The van der Waals surface area contributed by atoms with Crippen LogP contribution in [-0.2, 0) is 0 Å². The van der Waals surface area contributed by atoms with Crippen molar-refractivity contribution in [2.45, 2.75) is 26.3 Å². The molecule has 2 rings (SSSR count). The van der Waals surface area contributed by atoms with Crippen molar-refractivity contribution in [2.24, 2.45) is 5.10 Å². The number of hydrogen-bond acceptors (Lipinski definition) is 6. The molecule has 7 nitrogen and oxygen atoms in total. The van der Waals surface area contributed by atoms with Crippen LogP contribution in [0, 0.1) is 22.7 Å². The van der Waals surface area contributed by atoms with E-state index in [-0.39, 0.29) is 23.1 Å². The van der Waals surface area contributed by atoms with Crippen LogP contribution in [0.2, 0.25) is 0 Å². The van der Waals surface area contributed by atoms with E-state index in [1.807, 2.05) is 0 Å². The lowest BCUT2D eigenvalue weighted by atomic mass is 10.1. The standard InChI is InChI=1S/C15H13N5O2/c1-15(2,3)20-13(21)11-5-4-9(6-12(11)14(20)22)18-19-10(7-16)8-17/h4-6,18H,1-3H3. The molecule has 0 unspecified atom stereocenters. The molecule has 1 heterocycles. The van der Waals surface area contributed by atoms with Crippen molar-refractivity contribution in [1.82, 2.24) is 4.90 Å². The zero-order valence-corrected chi connectivity index (χ0v) is 12.3. The molecule has 1 aliphatic heterocycles. The van der Waals surface area contributed by atoms with Gasteiger partial charge in [-0.1, -0.05) is 0 Å². The minimum Gasteiger partial charge on any atom is -0.276 e. The lowest BCUT2D eigenvalue weighted by Gasteiger charge is -2.29. The number of nitrogens with one attached hydrogen (secondary N) is 1. The van der Waals surface area contributed by atoms with E-state index < -0.39 is 5.54 Å². The number of benzene rings is 1. The third kappa shape index (κ3) is 2.52. The van der Waals surface area contributed by atoms with Gasteiger partial charge in [0.1, 0.15) is 12.1 Å². The zero-order valence-electron chi connectivity index (χ0n) is 12.3. The van der Waals surface area contributed by atoms with Gasteiger partial charge in [-0.05, 0) is 39.0 Å². The Bertz CT molecular complexity index is 759. The van der Waals surface area contributed by atoms with E-state index in [0.29, 0.717) is 11.3 Å². The molecule has 0 saturated carbocycles. The number of carbonyl (C=O) groups excluding carboxylic acids is 2. The Kier molecular flexibility index (Phi) is 3.66. The van der Waals surface area contributed by atoms with E-state index >= 15 is 0 Å². The Labute approximate surface area is 127 Å². The fourth-order valence-electron chi connectivity index (χ4n) is 2.12. The molecule has 0 fully saturated rings. The number of carbonyl (C=O) groups is 2. The second kappa shape index (κ2) is 5.30. The molecule has 0 saturated heterocycles. The molecule has 110 valence electrons. The van der Waals surface area contributed by atoms with Crippen molar-refractivity contribution in [3.8, 4) is 12.1 Å². The van der Waals surface area contributed by atoms with Crippen molar-refractivity contribution in [2.75, 3.05) is 5.43 Å². The number of hydrogen-bond donors (Lipinski definition) is 1. The van der Waals surface area contributed by atoms with Crippen molar-refractivity contribution in [3.05, 3.63) is 29.3 Å². The van der Waals surface area contributed by atoms with Gasteiger partial charge in [0.2, 0.25) is 5.71 Å². The van der Waals surface area contributed by atoms with Gasteiger partial charge in [0.25, 0.3) is 11.8 Å². The largest absolute Gasteiger partial charge is 0.276 e. The van der Waals surface area contributed by atoms with Gasteiger partial charge in [0.15, 0.2) is 0 Å². The average molecular weight is 295 g/mol. The molecule has 1 aromatic carbocycles. The summed E-state index contributed by atoms with van der Waals surface area (Å²) in [7, 11) is 0. The molecule has 0 spiro atoms. The Balaban J connectivity index is 2.37. The Hall–Kier alpha value is -3.19. The average Bonchev–Trinajstić information content (AvgIpc) is 2.71. The highest BCUT2D eigenvalue weighted by molar-refractivity contribution is 6.22. The summed E-state index contributed by atoms with van der Waals surface area (Å²) in [5.74, 6) is -0.710. The first-order valence-corrected chi connectivity index (χ1v) is 6.46. The maximum atomic E-state index is 12.4. The third-order valence-corrected chi connectivity index (χ3v) is 3.07. The second-order valence-corrected chi connectivity index (χ2v) is 5.67. The van der Waals surface area contributed by atoms with Gasteiger partial charge in [0, 0.05) is 5.54 Å². The highest BCUT2D eigenvalue weighted by Crippen LogP contribution is 2.30. The number of fused-ring (bicyclic) bond motifs is 1. The monoisotopic (exact) mass is 295 g/mol. The molecular weight excluding hydrogens is 282 g/mol. The molecule has 1 aliphatic rings. The number of nitrogens with zero attached hydrogens (tertiary/aromatic N) is 4. The van der Waals surface area contributed by atoms with Crippen LogP contribution >= 0.6 is 0 Å². The minimum absolute atomic E-state index is 0.274. The number of imide groups is 1. The highest BCUT2D eigenvalue weighted by Gasteiger charge is 2.41. The van der Waals surface area contributed by atoms with E-state index in [0.717, 1.165) is 0 Å². The summed E-state index contributed by atoms with van der Waals surface area (Å²) >= 11 is 0. The zero-order chi connectivity index (χ0) is 16.5. The molecule has 1 N–H and O–H groups in total.